The second-order valence-corrected chi connectivity index (χ2v) is 7.94. The Kier molecular flexibility index (Phi) is 2.64. The van der Waals surface area contributed by atoms with Gasteiger partial charge in [-0.25, -0.2) is 0 Å². The van der Waals surface area contributed by atoms with E-state index in [0.29, 0.717) is 0 Å². The smallest absolute Gasteiger partial charge is 0.0174 e. The maximum atomic E-state index is 2.63. The number of allylic oxidation sites excluding steroid dienone is 2. The van der Waals surface area contributed by atoms with E-state index in [0.717, 1.165) is 35.0 Å². The second-order valence-electron chi connectivity index (χ2n) is 7.94. The highest BCUT2D eigenvalue weighted by molar-refractivity contribution is 5.08. The Morgan fingerprint density at radius 1 is 0.944 bits per heavy atom. The molecule has 0 heterocycles. The van der Waals surface area contributed by atoms with Gasteiger partial charge in [0, 0.05) is 0 Å². The molecule has 0 spiro atoms. The van der Waals surface area contributed by atoms with Crippen LogP contribution in [0.2, 0.25) is 0 Å². The first-order valence-corrected chi connectivity index (χ1v) is 8.45. The molecule has 0 aromatic rings. The summed E-state index contributed by atoms with van der Waals surface area (Å²) >= 11 is 0. The van der Waals surface area contributed by atoms with Crippen molar-refractivity contribution in [3.8, 4) is 0 Å². The van der Waals surface area contributed by atoms with Gasteiger partial charge in [0.05, 0.1) is 0 Å². The largest absolute Gasteiger partial charge is 0.0882 e. The highest BCUT2D eigenvalue weighted by Crippen LogP contribution is 2.61. The van der Waals surface area contributed by atoms with E-state index >= 15 is 0 Å². The van der Waals surface area contributed by atoms with Crippen molar-refractivity contribution in [3.63, 3.8) is 0 Å². The van der Waals surface area contributed by atoms with Gasteiger partial charge < -0.3 is 0 Å². The van der Waals surface area contributed by atoms with Crippen LogP contribution in [0.4, 0.5) is 0 Å². The molecular formula is C18H28. The molecule has 6 atom stereocenters. The molecule has 0 unspecified atom stereocenters. The monoisotopic (exact) mass is 244 g/mol. The van der Waals surface area contributed by atoms with E-state index in [4.69, 9.17) is 0 Å². The van der Waals surface area contributed by atoms with E-state index in [1.807, 2.05) is 0 Å². The summed E-state index contributed by atoms with van der Waals surface area (Å²) in [5.41, 5.74) is 0.742. The van der Waals surface area contributed by atoms with Crippen LogP contribution in [0.3, 0.4) is 0 Å². The van der Waals surface area contributed by atoms with E-state index in [1.54, 1.807) is 25.7 Å². The Morgan fingerprint density at radius 2 is 1.89 bits per heavy atom. The van der Waals surface area contributed by atoms with Crippen molar-refractivity contribution in [3.05, 3.63) is 12.2 Å². The maximum absolute atomic E-state index is 2.63. The summed E-state index contributed by atoms with van der Waals surface area (Å²) < 4.78 is 0. The van der Waals surface area contributed by atoms with Crippen molar-refractivity contribution in [2.24, 2.45) is 35.0 Å². The molecule has 0 bridgehead atoms. The zero-order chi connectivity index (χ0) is 12.2. The molecule has 0 saturated heterocycles. The summed E-state index contributed by atoms with van der Waals surface area (Å²) in [6.45, 7) is 2.61. The standard InChI is InChI=1S/C18H28/c1-18-11-4-7-17(18)16-9-8-13-5-2-3-6-14(13)15(16)10-12-18/h3,6,13-17H,2,4-5,7-12H2,1H3/t13-,14+,15-,16-,17+,18+/m1/s1. The lowest BCUT2D eigenvalue weighted by Gasteiger charge is -2.53. The third kappa shape index (κ3) is 1.57. The summed E-state index contributed by atoms with van der Waals surface area (Å²) in [7, 11) is 0. The molecule has 0 heteroatoms. The van der Waals surface area contributed by atoms with Gasteiger partial charge in [-0.1, -0.05) is 25.5 Å². The summed E-state index contributed by atoms with van der Waals surface area (Å²) in [6, 6.07) is 0. The molecule has 3 fully saturated rings. The van der Waals surface area contributed by atoms with Gasteiger partial charge in [-0.05, 0) is 86.4 Å². The Labute approximate surface area is 112 Å². The molecule has 3 saturated carbocycles. The van der Waals surface area contributed by atoms with Crippen molar-refractivity contribution in [2.45, 2.75) is 64.7 Å². The molecule has 0 amide bonds. The average molecular weight is 244 g/mol. The van der Waals surface area contributed by atoms with E-state index in [-0.39, 0.29) is 0 Å². The van der Waals surface area contributed by atoms with Crippen LogP contribution in [-0.2, 0) is 0 Å². The molecule has 0 nitrogen and oxygen atoms in total. The molecule has 4 aliphatic carbocycles. The number of fused-ring (bicyclic) bond motifs is 5. The van der Waals surface area contributed by atoms with Crippen molar-refractivity contribution in [1.29, 1.82) is 0 Å². The fourth-order valence-corrected chi connectivity index (χ4v) is 6.35. The fraction of sp³-hybridized carbons (Fsp3) is 0.889. The minimum atomic E-state index is 0.742. The van der Waals surface area contributed by atoms with Gasteiger partial charge in [0.2, 0.25) is 0 Å². The third-order valence-corrected chi connectivity index (χ3v) is 7.25. The Hall–Kier alpha value is -0.260. The minimum Gasteiger partial charge on any atom is -0.0882 e. The topological polar surface area (TPSA) is 0 Å². The molecule has 0 radical (unpaired) electrons. The van der Waals surface area contributed by atoms with Gasteiger partial charge in [-0.15, -0.1) is 0 Å². The van der Waals surface area contributed by atoms with E-state index in [2.05, 4.69) is 19.1 Å². The first-order valence-electron chi connectivity index (χ1n) is 8.45. The van der Waals surface area contributed by atoms with Crippen LogP contribution in [0.25, 0.3) is 0 Å². The molecule has 100 valence electrons. The van der Waals surface area contributed by atoms with Gasteiger partial charge in [-0.2, -0.15) is 0 Å². The maximum Gasteiger partial charge on any atom is -0.0174 e. The van der Waals surface area contributed by atoms with Crippen molar-refractivity contribution < 1.29 is 0 Å². The van der Waals surface area contributed by atoms with Crippen LogP contribution in [-0.4, -0.2) is 0 Å². The van der Waals surface area contributed by atoms with Crippen LogP contribution in [0.1, 0.15) is 64.7 Å². The van der Waals surface area contributed by atoms with Gasteiger partial charge in [-0.3, -0.25) is 0 Å². The Morgan fingerprint density at radius 3 is 2.83 bits per heavy atom. The number of hydrogen-bond acceptors (Lipinski definition) is 0. The zero-order valence-corrected chi connectivity index (χ0v) is 11.9. The first-order chi connectivity index (χ1) is 8.78. The highest BCUT2D eigenvalue weighted by atomic mass is 14.6. The normalized spacial score (nSPS) is 54.6. The molecule has 0 N–H and O–H groups in total. The molecular weight excluding hydrogens is 216 g/mol. The fourth-order valence-electron chi connectivity index (χ4n) is 6.35. The van der Waals surface area contributed by atoms with Crippen molar-refractivity contribution in [1.82, 2.24) is 0 Å². The van der Waals surface area contributed by atoms with Crippen molar-refractivity contribution >= 4 is 0 Å². The lowest BCUT2D eigenvalue weighted by Crippen LogP contribution is -2.45. The SMILES string of the molecule is C[C@@]12CCC[C@H]1[C@@H]1CC[C@H]3CCC=C[C@@H]3[C@H]1CC2. The molecule has 0 aliphatic heterocycles. The van der Waals surface area contributed by atoms with Gasteiger partial charge in [0.15, 0.2) is 0 Å². The third-order valence-electron chi connectivity index (χ3n) is 7.25. The van der Waals surface area contributed by atoms with Crippen LogP contribution in [0.15, 0.2) is 12.2 Å². The first kappa shape index (κ1) is 11.6. The van der Waals surface area contributed by atoms with E-state index in [1.165, 1.54) is 32.1 Å². The van der Waals surface area contributed by atoms with Crippen LogP contribution >= 0.6 is 0 Å². The van der Waals surface area contributed by atoms with E-state index in [9.17, 15) is 0 Å². The molecule has 0 aromatic heterocycles. The lowest BCUT2D eigenvalue weighted by atomic mass is 9.52. The summed E-state index contributed by atoms with van der Waals surface area (Å²) in [5.74, 6) is 5.28. The Balaban J connectivity index is 1.62. The minimum absolute atomic E-state index is 0.742. The Bertz CT molecular complexity index is 355. The zero-order valence-electron chi connectivity index (χ0n) is 11.9. The van der Waals surface area contributed by atoms with Crippen LogP contribution < -0.4 is 0 Å². The average Bonchev–Trinajstić information content (AvgIpc) is 2.80. The summed E-state index contributed by atoms with van der Waals surface area (Å²) in [4.78, 5) is 0. The highest BCUT2D eigenvalue weighted by Gasteiger charge is 2.52. The number of rotatable bonds is 0. The van der Waals surface area contributed by atoms with Crippen molar-refractivity contribution in [2.75, 3.05) is 0 Å². The molecule has 4 aliphatic rings. The van der Waals surface area contributed by atoms with Crippen LogP contribution in [0, 0.1) is 35.0 Å². The summed E-state index contributed by atoms with van der Waals surface area (Å²) in [6.07, 6.45) is 18.8. The van der Waals surface area contributed by atoms with Gasteiger partial charge >= 0.3 is 0 Å². The van der Waals surface area contributed by atoms with Gasteiger partial charge in [0.25, 0.3) is 0 Å². The van der Waals surface area contributed by atoms with Crippen LogP contribution in [0.5, 0.6) is 0 Å². The summed E-state index contributed by atoms with van der Waals surface area (Å²) in [5, 5.41) is 0. The molecule has 0 aromatic carbocycles. The molecule has 4 rings (SSSR count). The van der Waals surface area contributed by atoms with Gasteiger partial charge in [0.1, 0.15) is 0 Å². The van der Waals surface area contributed by atoms with E-state index < -0.39 is 0 Å². The second kappa shape index (κ2) is 4.12. The quantitative estimate of drug-likeness (QED) is 0.514. The predicted octanol–water partition coefficient (Wildman–Crippen LogP) is 5.20. The number of hydrogen-bond donors (Lipinski definition) is 0. The lowest BCUT2D eigenvalue weighted by molar-refractivity contribution is -0.0259. The predicted molar refractivity (Wildman–Crippen MR) is 76.3 cm³/mol. The molecule has 18 heavy (non-hydrogen) atoms.